The van der Waals surface area contributed by atoms with Gasteiger partial charge in [0, 0.05) is 11.4 Å². The van der Waals surface area contributed by atoms with E-state index in [2.05, 4.69) is 5.32 Å². The first kappa shape index (κ1) is 32.9. The first-order valence-corrected chi connectivity index (χ1v) is 15.6. The van der Waals surface area contributed by atoms with Crippen molar-refractivity contribution in [1.82, 2.24) is 10.6 Å². The Morgan fingerprint density at radius 1 is 0.978 bits per heavy atom. The molecule has 0 aliphatic carbocycles. The van der Waals surface area contributed by atoms with Crippen LogP contribution in [0.3, 0.4) is 0 Å². The van der Waals surface area contributed by atoms with Crippen molar-refractivity contribution >= 4 is 41.1 Å². The molecule has 0 aromatic heterocycles. The Kier molecular flexibility index (Phi) is 11.2. The number of aliphatic hydroxyl groups excluding tert-OH is 1. The zero-order valence-corrected chi connectivity index (χ0v) is 26.0. The lowest BCUT2D eigenvalue weighted by Gasteiger charge is -2.47. The van der Waals surface area contributed by atoms with Crippen LogP contribution >= 0.6 is 11.8 Å². The van der Waals surface area contributed by atoms with Crippen molar-refractivity contribution in [3.05, 3.63) is 95.6 Å². The van der Waals surface area contributed by atoms with Gasteiger partial charge in [-0.25, -0.2) is 13.6 Å². The normalized spacial score (nSPS) is 17.5. The molecule has 4 N–H and O–H groups in total. The summed E-state index contributed by atoms with van der Waals surface area (Å²) in [5, 5.41) is 22.0. The predicted octanol–water partition coefficient (Wildman–Crippen LogP) is 4.00. The number of aliphatic hydroxyl groups is 1. The van der Waals surface area contributed by atoms with Gasteiger partial charge in [-0.15, -0.1) is 11.8 Å². The number of amides is 3. The van der Waals surface area contributed by atoms with Crippen molar-refractivity contribution in [2.45, 2.75) is 43.7 Å². The van der Waals surface area contributed by atoms with Crippen LogP contribution in [0.15, 0.2) is 72.8 Å². The summed E-state index contributed by atoms with van der Waals surface area (Å²) in [5.74, 6) is -3.50. The van der Waals surface area contributed by atoms with E-state index in [1.165, 1.54) is 65.2 Å². The van der Waals surface area contributed by atoms with Gasteiger partial charge in [-0.3, -0.25) is 14.4 Å². The average molecular weight is 657 g/mol. The number of nitrogens with zero attached hydrogens (tertiary/aromatic N) is 1. The first-order chi connectivity index (χ1) is 22.3. The highest BCUT2D eigenvalue weighted by Gasteiger charge is 2.49. The number of β-lactam (4-membered cyclic amide) rings is 1. The summed E-state index contributed by atoms with van der Waals surface area (Å²) in [6.07, 6.45) is -0.747. The summed E-state index contributed by atoms with van der Waals surface area (Å²) >= 11 is 1.24. The fourth-order valence-electron chi connectivity index (χ4n) is 4.86. The molecule has 4 atom stereocenters. The monoisotopic (exact) mass is 656 g/mol. The molecule has 4 rings (SSSR count). The van der Waals surface area contributed by atoms with Crippen LogP contribution in [-0.4, -0.2) is 64.1 Å². The SMILES string of the molecule is [2H]N(CC(=O)N[C@@H](CC(C)C)C(=O)O)C(=O)COc1ccc([C@@H]2[C@@H](SCC(O)c3ccc(F)cc3)C(=O)N2c2ccc(F)cc2)cc1. The maximum atomic E-state index is 13.6. The summed E-state index contributed by atoms with van der Waals surface area (Å²) in [4.78, 5) is 50.9. The minimum atomic E-state index is -1.21. The maximum Gasteiger partial charge on any atom is 0.326 e. The molecule has 1 fully saturated rings. The van der Waals surface area contributed by atoms with Crippen LogP contribution < -0.4 is 20.3 Å². The molecule has 0 radical (unpaired) electrons. The smallest absolute Gasteiger partial charge is 0.326 e. The molecule has 1 unspecified atom stereocenters. The number of anilines is 1. The molecule has 244 valence electrons. The molecule has 1 aliphatic rings. The number of ether oxygens (including phenoxy) is 1. The number of benzene rings is 3. The topological polar surface area (TPSA) is 145 Å². The van der Waals surface area contributed by atoms with Crippen LogP contribution in [0.4, 0.5) is 14.5 Å². The van der Waals surface area contributed by atoms with Gasteiger partial charge in [0.1, 0.15) is 28.7 Å². The number of rotatable bonds is 15. The maximum absolute atomic E-state index is 13.6. The molecule has 3 aromatic rings. The van der Waals surface area contributed by atoms with Crippen molar-refractivity contribution < 1.29 is 44.3 Å². The molecule has 1 aliphatic heterocycles. The Balaban J connectivity index is 1.38. The molecule has 13 heteroatoms. The molecule has 0 saturated carbocycles. The van der Waals surface area contributed by atoms with Crippen LogP contribution in [0, 0.1) is 17.6 Å². The zero-order chi connectivity index (χ0) is 34.2. The number of nitrogens with one attached hydrogen (secondary N) is 2. The molecule has 46 heavy (non-hydrogen) atoms. The third kappa shape index (κ3) is 9.04. The Morgan fingerprint density at radius 2 is 1.59 bits per heavy atom. The van der Waals surface area contributed by atoms with Gasteiger partial charge in [0.2, 0.25) is 11.8 Å². The summed E-state index contributed by atoms with van der Waals surface area (Å²) in [6.45, 7) is 2.38. The number of hydrogen-bond donors (Lipinski definition) is 4. The highest BCUT2D eigenvalue weighted by atomic mass is 32.2. The molecular weight excluding hydrogens is 620 g/mol. The Hall–Kier alpha value is -4.49. The highest BCUT2D eigenvalue weighted by Crippen LogP contribution is 2.46. The number of hydrogen-bond acceptors (Lipinski definition) is 7. The molecule has 3 aromatic carbocycles. The van der Waals surface area contributed by atoms with Crippen LogP contribution in [-0.2, 0) is 19.2 Å². The molecule has 0 bridgehead atoms. The first-order valence-electron chi connectivity index (χ1n) is 15.0. The fourth-order valence-corrected chi connectivity index (χ4v) is 6.16. The van der Waals surface area contributed by atoms with E-state index >= 15 is 0 Å². The van der Waals surface area contributed by atoms with Gasteiger partial charge < -0.3 is 30.5 Å². The largest absolute Gasteiger partial charge is 0.484 e. The molecule has 0 spiro atoms. The predicted molar refractivity (Wildman–Crippen MR) is 168 cm³/mol. The van der Waals surface area contributed by atoms with Gasteiger partial charge in [0.05, 0.1) is 18.7 Å². The van der Waals surface area contributed by atoms with Crippen molar-refractivity contribution in [3.63, 3.8) is 0 Å². The van der Waals surface area contributed by atoms with Crippen LogP contribution in [0.25, 0.3) is 0 Å². The van der Waals surface area contributed by atoms with Crippen molar-refractivity contribution in [2.24, 2.45) is 5.92 Å². The third-order valence-electron chi connectivity index (χ3n) is 7.16. The van der Waals surface area contributed by atoms with Gasteiger partial charge in [-0.1, -0.05) is 38.1 Å². The molecule has 1 heterocycles. The Labute approximate surface area is 270 Å². The fraction of sp³-hybridized carbons (Fsp3) is 0.333. The lowest BCUT2D eigenvalue weighted by molar-refractivity contribution is -0.142. The lowest BCUT2D eigenvalue weighted by Crippen LogP contribution is -2.57. The van der Waals surface area contributed by atoms with Gasteiger partial charge in [-0.2, -0.15) is 0 Å². The van der Waals surface area contributed by atoms with Crippen molar-refractivity contribution in [1.29, 1.82) is 0 Å². The van der Waals surface area contributed by atoms with Crippen LogP contribution in [0.5, 0.6) is 5.75 Å². The van der Waals surface area contributed by atoms with E-state index in [4.69, 9.17) is 6.15 Å². The van der Waals surface area contributed by atoms with E-state index in [1.807, 2.05) is 0 Å². The highest BCUT2D eigenvalue weighted by molar-refractivity contribution is 8.00. The van der Waals surface area contributed by atoms with E-state index in [0.717, 1.165) is 0 Å². The van der Waals surface area contributed by atoms with E-state index in [1.54, 1.807) is 38.1 Å². The average Bonchev–Trinajstić information content (AvgIpc) is 3.03. The van der Waals surface area contributed by atoms with Crippen molar-refractivity contribution in [3.8, 4) is 5.75 Å². The Morgan fingerprint density at radius 3 is 2.17 bits per heavy atom. The quantitative estimate of drug-likeness (QED) is 0.180. The van der Waals surface area contributed by atoms with Crippen LogP contribution in [0.2, 0.25) is 1.41 Å². The summed E-state index contributed by atoms with van der Waals surface area (Å²) in [7, 11) is 0. The number of carboxylic acids is 1. The minimum absolute atomic E-state index is 0.00560. The third-order valence-corrected chi connectivity index (χ3v) is 8.49. The molecule has 3 amide bonds. The number of carbonyl (C=O) groups is 4. The summed E-state index contributed by atoms with van der Waals surface area (Å²) in [6, 6.07) is 15.9. The number of thioether (sulfide) groups is 1. The van der Waals surface area contributed by atoms with E-state index in [-0.39, 0.29) is 29.7 Å². The van der Waals surface area contributed by atoms with E-state index in [0.29, 0.717) is 22.1 Å². The molecular formula is C33H35F2N3O7S. The number of aliphatic carboxylic acids is 1. The summed E-state index contributed by atoms with van der Waals surface area (Å²) in [5.41, 5.74) is 1.70. The second kappa shape index (κ2) is 15.7. The number of carbonyl (C=O) groups excluding carboxylic acids is 3. The molecule has 1 saturated heterocycles. The zero-order valence-electron chi connectivity index (χ0n) is 26.1. The van der Waals surface area contributed by atoms with Crippen LogP contribution in [0.1, 0.15) is 43.5 Å². The van der Waals surface area contributed by atoms with E-state index in [9.17, 15) is 38.2 Å². The van der Waals surface area contributed by atoms with Crippen molar-refractivity contribution in [2.75, 3.05) is 23.8 Å². The second-order valence-electron chi connectivity index (χ2n) is 11.1. The lowest BCUT2D eigenvalue weighted by atomic mass is 9.92. The van der Waals surface area contributed by atoms with E-state index < -0.39 is 66.0 Å². The summed E-state index contributed by atoms with van der Waals surface area (Å²) < 4.78 is 40.3. The van der Waals surface area contributed by atoms with Gasteiger partial charge in [0.15, 0.2) is 8.02 Å². The van der Waals surface area contributed by atoms with Gasteiger partial charge >= 0.3 is 5.97 Å². The number of halogens is 2. The Bertz CT molecular complexity index is 1560. The van der Waals surface area contributed by atoms with Gasteiger partial charge in [0.25, 0.3) is 5.91 Å². The second-order valence-corrected chi connectivity index (χ2v) is 12.3. The standard InChI is InChI=1S/C33H35F2N3O7S/c1-19(2)15-26(33(43)44)37-28(40)16-36-29(41)17-45-25-13-5-21(6-14-25)30-31(32(42)38(30)24-11-9-23(35)10-12-24)46-18-27(39)20-3-7-22(34)8-4-20/h3-14,19,26-27,30-31,39H,15-18H2,1-2H3,(H,36,41)(H,37,40)(H,43,44)/t26-,27?,30+,31+/m0/s1/i/hD. The molecule has 10 nitrogen and oxygen atoms in total. The number of carboxylic acid groups (broad SMARTS) is 1. The van der Waals surface area contributed by atoms with Gasteiger partial charge in [-0.05, 0) is 72.0 Å². The minimum Gasteiger partial charge on any atom is -0.484 e.